The Morgan fingerprint density at radius 3 is 2.74 bits per heavy atom. The molecule has 0 unspecified atom stereocenters. The van der Waals surface area contributed by atoms with Crippen molar-refractivity contribution in [3.63, 3.8) is 0 Å². The van der Waals surface area contributed by atoms with Crippen molar-refractivity contribution in [2.24, 2.45) is 5.92 Å². The summed E-state index contributed by atoms with van der Waals surface area (Å²) in [5.41, 5.74) is 0. The molecule has 1 fully saturated rings. The molecular weight excluding hydrogens is 270 g/mol. The Morgan fingerprint density at radius 1 is 1.53 bits per heavy atom. The van der Waals surface area contributed by atoms with Crippen molar-refractivity contribution >= 4 is 29.3 Å². The van der Waals surface area contributed by atoms with Gasteiger partial charge in [-0.05, 0) is 12.1 Å². The first kappa shape index (κ1) is 13.6. The molecule has 0 atom stereocenters. The predicted molar refractivity (Wildman–Crippen MR) is 70.2 cm³/mol. The number of likely N-dealkylation sites (tertiary alicyclic amines) is 1. The third-order valence-corrected chi connectivity index (χ3v) is 3.28. The number of carboxylic acids is 1. The van der Waals surface area contributed by atoms with Crippen LogP contribution in [0.2, 0.25) is 5.02 Å². The molecular formula is C12H14ClN3O3. The van der Waals surface area contributed by atoms with Gasteiger partial charge in [-0.25, -0.2) is 4.98 Å². The van der Waals surface area contributed by atoms with E-state index >= 15 is 0 Å². The molecule has 2 rings (SSSR count). The zero-order valence-electron chi connectivity index (χ0n) is 10.4. The van der Waals surface area contributed by atoms with Crippen LogP contribution >= 0.6 is 11.6 Å². The van der Waals surface area contributed by atoms with E-state index in [0.29, 0.717) is 10.8 Å². The molecule has 1 amide bonds. The molecule has 6 nitrogen and oxygen atoms in total. The van der Waals surface area contributed by atoms with Crippen molar-refractivity contribution in [3.05, 3.63) is 23.4 Å². The highest BCUT2D eigenvalue weighted by molar-refractivity contribution is 6.30. The van der Waals surface area contributed by atoms with Crippen LogP contribution in [0.1, 0.15) is 0 Å². The van der Waals surface area contributed by atoms with Crippen molar-refractivity contribution in [2.45, 2.75) is 0 Å². The normalized spacial score (nSPS) is 14.9. The third kappa shape index (κ3) is 3.14. The van der Waals surface area contributed by atoms with Crippen molar-refractivity contribution in [1.29, 1.82) is 0 Å². The first-order valence-corrected chi connectivity index (χ1v) is 6.18. The molecule has 19 heavy (non-hydrogen) atoms. The van der Waals surface area contributed by atoms with Gasteiger partial charge < -0.3 is 14.9 Å². The molecule has 1 aliphatic rings. The maximum atomic E-state index is 11.9. The van der Waals surface area contributed by atoms with Gasteiger partial charge in [0.1, 0.15) is 5.82 Å². The number of nitrogens with zero attached hydrogens (tertiary/aromatic N) is 3. The second kappa shape index (κ2) is 5.44. The number of hydrogen-bond acceptors (Lipinski definition) is 4. The fraction of sp³-hybridized carbons (Fsp3) is 0.417. The van der Waals surface area contributed by atoms with E-state index in [4.69, 9.17) is 16.7 Å². The molecule has 1 aromatic rings. The van der Waals surface area contributed by atoms with Gasteiger partial charge in [-0.3, -0.25) is 9.59 Å². The van der Waals surface area contributed by atoms with Gasteiger partial charge in [-0.15, -0.1) is 0 Å². The van der Waals surface area contributed by atoms with Crippen LogP contribution in [-0.2, 0) is 9.59 Å². The molecule has 2 heterocycles. The van der Waals surface area contributed by atoms with E-state index in [9.17, 15) is 9.59 Å². The largest absolute Gasteiger partial charge is 0.481 e. The number of rotatable bonds is 4. The van der Waals surface area contributed by atoms with E-state index in [0.717, 1.165) is 0 Å². The number of carboxylic acid groups (broad SMARTS) is 1. The molecule has 0 saturated carbocycles. The fourth-order valence-electron chi connectivity index (χ4n) is 1.82. The summed E-state index contributed by atoms with van der Waals surface area (Å²) in [5.74, 6) is -0.732. The van der Waals surface area contributed by atoms with Crippen LogP contribution in [0.3, 0.4) is 0 Å². The zero-order chi connectivity index (χ0) is 14.0. The summed E-state index contributed by atoms with van der Waals surface area (Å²) >= 11 is 5.74. The number of carbonyl (C=O) groups is 2. The number of carbonyl (C=O) groups excluding carboxylic acids is 1. The van der Waals surface area contributed by atoms with Gasteiger partial charge in [0, 0.05) is 26.3 Å². The summed E-state index contributed by atoms with van der Waals surface area (Å²) in [5, 5.41) is 9.29. The van der Waals surface area contributed by atoms with Crippen LogP contribution in [0.15, 0.2) is 18.3 Å². The number of hydrogen-bond donors (Lipinski definition) is 1. The van der Waals surface area contributed by atoms with E-state index in [1.807, 2.05) is 0 Å². The monoisotopic (exact) mass is 283 g/mol. The second-order valence-corrected chi connectivity index (χ2v) is 4.96. The average Bonchev–Trinajstić information content (AvgIpc) is 2.26. The van der Waals surface area contributed by atoms with Gasteiger partial charge in [-0.1, -0.05) is 11.6 Å². The lowest BCUT2D eigenvalue weighted by atomic mass is 10.0. The SMILES string of the molecule is CN(CC(=O)N1CC(C(=O)O)C1)c1ccc(Cl)cn1. The van der Waals surface area contributed by atoms with Crippen molar-refractivity contribution < 1.29 is 14.7 Å². The Balaban J connectivity index is 1.86. The smallest absolute Gasteiger partial charge is 0.310 e. The number of aromatic nitrogens is 1. The van der Waals surface area contributed by atoms with Gasteiger partial charge in [0.2, 0.25) is 5.91 Å². The van der Waals surface area contributed by atoms with Crippen LogP contribution in [-0.4, -0.2) is 53.5 Å². The van der Waals surface area contributed by atoms with Crippen molar-refractivity contribution in [1.82, 2.24) is 9.88 Å². The summed E-state index contributed by atoms with van der Waals surface area (Å²) < 4.78 is 0. The van der Waals surface area contributed by atoms with E-state index in [2.05, 4.69) is 4.98 Å². The third-order valence-electron chi connectivity index (χ3n) is 3.06. The topological polar surface area (TPSA) is 73.7 Å². The van der Waals surface area contributed by atoms with Gasteiger partial charge in [0.05, 0.1) is 17.5 Å². The maximum Gasteiger partial charge on any atom is 0.310 e. The molecule has 1 aliphatic heterocycles. The lowest BCUT2D eigenvalue weighted by Gasteiger charge is -2.37. The number of anilines is 1. The zero-order valence-corrected chi connectivity index (χ0v) is 11.2. The minimum absolute atomic E-state index is 0.100. The van der Waals surface area contributed by atoms with E-state index in [-0.39, 0.29) is 25.5 Å². The first-order chi connectivity index (χ1) is 8.97. The minimum atomic E-state index is -0.850. The molecule has 1 saturated heterocycles. The lowest BCUT2D eigenvalue weighted by Crippen LogP contribution is -2.55. The number of amides is 1. The lowest BCUT2D eigenvalue weighted by molar-refractivity contribution is -0.152. The molecule has 1 aromatic heterocycles. The number of likely N-dealkylation sites (N-methyl/N-ethyl adjacent to an activating group) is 1. The summed E-state index contributed by atoms with van der Waals surface area (Å²) in [7, 11) is 1.75. The maximum absolute atomic E-state index is 11.9. The number of halogens is 1. The van der Waals surface area contributed by atoms with E-state index in [1.165, 1.54) is 11.1 Å². The molecule has 0 aliphatic carbocycles. The van der Waals surface area contributed by atoms with Crippen molar-refractivity contribution in [2.75, 3.05) is 31.6 Å². The Kier molecular flexibility index (Phi) is 3.90. The molecule has 0 radical (unpaired) electrons. The molecule has 0 aromatic carbocycles. The first-order valence-electron chi connectivity index (χ1n) is 5.80. The molecule has 7 heteroatoms. The standard InChI is InChI=1S/C12H14ClN3O3/c1-15(10-3-2-9(13)4-14-10)7-11(17)16-5-8(6-16)12(18)19/h2-4,8H,5-7H2,1H3,(H,18,19). The molecule has 0 bridgehead atoms. The van der Waals surface area contributed by atoms with Gasteiger partial charge in [0.15, 0.2) is 0 Å². The summed E-state index contributed by atoms with van der Waals surface area (Å²) in [6, 6.07) is 3.43. The summed E-state index contributed by atoms with van der Waals surface area (Å²) in [6.07, 6.45) is 1.52. The number of pyridine rings is 1. The molecule has 1 N–H and O–H groups in total. The van der Waals surface area contributed by atoms with Gasteiger partial charge in [0.25, 0.3) is 0 Å². The molecule has 102 valence electrons. The van der Waals surface area contributed by atoms with E-state index in [1.54, 1.807) is 24.1 Å². The highest BCUT2D eigenvalue weighted by Gasteiger charge is 2.35. The summed E-state index contributed by atoms with van der Waals surface area (Å²) in [4.78, 5) is 29.9. The predicted octanol–water partition coefficient (Wildman–Crippen LogP) is 0.714. The quantitative estimate of drug-likeness (QED) is 0.881. The van der Waals surface area contributed by atoms with Crippen molar-refractivity contribution in [3.8, 4) is 0 Å². The van der Waals surface area contributed by atoms with Gasteiger partial charge in [-0.2, -0.15) is 0 Å². The second-order valence-electron chi connectivity index (χ2n) is 4.52. The van der Waals surface area contributed by atoms with Gasteiger partial charge >= 0.3 is 5.97 Å². The molecule has 0 spiro atoms. The van der Waals surface area contributed by atoms with Crippen LogP contribution in [0.5, 0.6) is 0 Å². The average molecular weight is 284 g/mol. The van der Waals surface area contributed by atoms with Crippen LogP contribution in [0.4, 0.5) is 5.82 Å². The van der Waals surface area contributed by atoms with Crippen LogP contribution in [0.25, 0.3) is 0 Å². The highest BCUT2D eigenvalue weighted by atomic mass is 35.5. The van der Waals surface area contributed by atoms with E-state index < -0.39 is 11.9 Å². The Hall–Kier alpha value is -1.82. The Bertz CT molecular complexity index is 485. The van der Waals surface area contributed by atoms with Crippen LogP contribution in [0, 0.1) is 5.92 Å². The minimum Gasteiger partial charge on any atom is -0.481 e. The number of aliphatic carboxylic acids is 1. The Labute approximate surface area is 115 Å². The summed E-state index contributed by atoms with van der Waals surface area (Å²) in [6.45, 7) is 0.743. The van der Waals surface area contributed by atoms with Crippen LogP contribution < -0.4 is 4.90 Å². The Morgan fingerprint density at radius 2 is 2.21 bits per heavy atom. The fourth-order valence-corrected chi connectivity index (χ4v) is 1.93. The highest BCUT2D eigenvalue weighted by Crippen LogP contribution is 2.17.